The Kier molecular flexibility index (Phi) is 8.79. The van der Waals surface area contributed by atoms with E-state index in [1.54, 1.807) is 23.1 Å². The lowest BCUT2D eigenvalue weighted by Gasteiger charge is -2.02. The molecule has 1 aromatic carbocycles. The highest BCUT2D eigenvalue weighted by molar-refractivity contribution is 8.00. The molecule has 1 heterocycles. The molecule has 0 spiro atoms. The summed E-state index contributed by atoms with van der Waals surface area (Å²) in [5, 5.41) is 13.5. The first-order chi connectivity index (χ1) is 11.3. The monoisotopic (exact) mass is 369 g/mol. The first-order valence-electron chi connectivity index (χ1n) is 8.23. The molecule has 0 radical (unpaired) electrons. The molecule has 126 valence electrons. The Labute approximate surface area is 152 Å². The summed E-state index contributed by atoms with van der Waals surface area (Å²) >= 11 is 9.47. The molecule has 0 atom stereocenters. The van der Waals surface area contributed by atoms with E-state index in [-0.39, 0.29) is 0 Å². The van der Waals surface area contributed by atoms with Gasteiger partial charge in [-0.15, -0.1) is 10.2 Å². The van der Waals surface area contributed by atoms with Crippen LogP contribution in [0.5, 0.6) is 0 Å². The van der Waals surface area contributed by atoms with Crippen molar-refractivity contribution in [3.8, 4) is 0 Å². The summed E-state index contributed by atoms with van der Waals surface area (Å²) in [6.07, 6.45) is 7.85. The molecule has 0 bridgehead atoms. The summed E-state index contributed by atoms with van der Waals surface area (Å²) in [6.45, 7) is 3.23. The lowest BCUT2D eigenvalue weighted by molar-refractivity contribution is 0.617. The summed E-state index contributed by atoms with van der Waals surface area (Å²) in [4.78, 5) is 0. The van der Waals surface area contributed by atoms with Crippen molar-refractivity contribution in [1.29, 1.82) is 0 Å². The lowest BCUT2D eigenvalue weighted by atomic mass is 10.1. The molecule has 2 rings (SSSR count). The van der Waals surface area contributed by atoms with E-state index in [0.29, 0.717) is 0 Å². The van der Waals surface area contributed by atoms with Crippen molar-refractivity contribution < 1.29 is 0 Å². The van der Waals surface area contributed by atoms with Crippen molar-refractivity contribution in [2.24, 2.45) is 0 Å². The number of benzene rings is 1. The SMILES string of the molecule is CCCCCCCCNc1nnc(SCc2ccccc2Cl)s1. The fraction of sp³-hybridized carbons (Fsp3) is 0.529. The molecule has 0 amide bonds. The zero-order valence-corrected chi connectivity index (χ0v) is 15.9. The minimum absolute atomic E-state index is 0.811. The van der Waals surface area contributed by atoms with Crippen LogP contribution in [0.25, 0.3) is 0 Å². The predicted molar refractivity (Wildman–Crippen MR) is 103 cm³/mol. The topological polar surface area (TPSA) is 37.8 Å². The first-order valence-corrected chi connectivity index (χ1v) is 10.4. The third-order valence-corrected chi connectivity index (χ3v) is 5.95. The van der Waals surface area contributed by atoms with Gasteiger partial charge in [0, 0.05) is 17.3 Å². The van der Waals surface area contributed by atoms with Crippen LogP contribution in [0.2, 0.25) is 5.02 Å². The molecule has 1 N–H and O–H groups in total. The van der Waals surface area contributed by atoms with Crippen LogP contribution in [0.4, 0.5) is 5.13 Å². The van der Waals surface area contributed by atoms with Crippen LogP contribution in [0, 0.1) is 0 Å². The van der Waals surface area contributed by atoms with Crippen LogP contribution in [-0.2, 0) is 5.75 Å². The number of thioether (sulfide) groups is 1. The number of anilines is 1. The summed E-state index contributed by atoms with van der Waals surface area (Å²) in [5.74, 6) is 0.825. The highest BCUT2D eigenvalue weighted by atomic mass is 35.5. The summed E-state index contributed by atoms with van der Waals surface area (Å²) < 4.78 is 0.982. The molecular formula is C17H24ClN3S2. The Morgan fingerprint density at radius 2 is 1.87 bits per heavy atom. The van der Waals surface area contributed by atoms with Gasteiger partial charge in [0.15, 0.2) is 4.34 Å². The van der Waals surface area contributed by atoms with Gasteiger partial charge in [0.1, 0.15) is 0 Å². The predicted octanol–water partition coefficient (Wildman–Crippen LogP) is 6.26. The van der Waals surface area contributed by atoms with Gasteiger partial charge in [0.2, 0.25) is 5.13 Å². The van der Waals surface area contributed by atoms with E-state index in [1.807, 2.05) is 24.3 Å². The second kappa shape index (κ2) is 10.9. The molecular weight excluding hydrogens is 346 g/mol. The third kappa shape index (κ3) is 7.10. The van der Waals surface area contributed by atoms with Gasteiger partial charge in [-0.05, 0) is 18.1 Å². The number of rotatable bonds is 11. The number of unbranched alkanes of at least 4 members (excludes halogenated alkanes) is 5. The number of halogens is 1. The fourth-order valence-corrected chi connectivity index (χ4v) is 4.26. The summed E-state index contributed by atoms with van der Waals surface area (Å²) in [6, 6.07) is 7.93. The number of hydrogen-bond donors (Lipinski definition) is 1. The maximum Gasteiger partial charge on any atom is 0.206 e. The van der Waals surface area contributed by atoms with Crippen molar-refractivity contribution in [1.82, 2.24) is 10.2 Å². The molecule has 0 aliphatic heterocycles. The van der Waals surface area contributed by atoms with Crippen molar-refractivity contribution in [2.75, 3.05) is 11.9 Å². The van der Waals surface area contributed by atoms with Gasteiger partial charge in [-0.2, -0.15) is 0 Å². The Bertz CT molecular complexity index is 574. The molecule has 0 fully saturated rings. The smallest absolute Gasteiger partial charge is 0.206 e. The minimum atomic E-state index is 0.811. The van der Waals surface area contributed by atoms with Crippen LogP contribution in [-0.4, -0.2) is 16.7 Å². The Morgan fingerprint density at radius 3 is 2.70 bits per heavy atom. The van der Waals surface area contributed by atoms with Gasteiger partial charge in [0.05, 0.1) is 0 Å². The fourth-order valence-electron chi connectivity index (χ4n) is 2.20. The summed E-state index contributed by atoms with van der Waals surface area (Å²) in [5.41, 5.74) is 1.14. The number of hydrogen-bond acceptors (Lipinski definition) is 5. The van der Waals surface area contributed by atoms with E-state index in [9.17, 15) is 0 Å². The van der Waals surface area contributed by atoms with Crippen LogP contribution in [0.3, 0.4) is 0 Å². The lowest BCUT2D eigenvalue weighted by Crippen LogP contribution is -2.00. The van der Waals surface area contributed by atoms with E-state index >= 15 is 0 Å². The van der Waals surface area contributed by atoms with Crippen LogP contribution < -0.4 is 5.32 Å². The molecule has 2 aromatic rings. The van der Waals surface area contributed by atoms with E-state index < -0.39 is 0 Å². The van der Waals surface area contributed by atoms with Crippen molar-refractivity contribution >= 4 is 39.8 Å². The summed E-state index contributed by atoms with van der Waals surface area (Å²) in [7, 11) is 0. The average Bonchev–Trinajstić information content (AvgIpc) is 3.01. The molecule has 0 saturated heterocycles. The second-order valence-electron chi connectivity index (χ2n) is 5.45. The van der Waals surface area contributed by atoms with Crippen molar-refractivity contribution in [2.45, 2.75) is 55.5 Å². The number of aromatic nitrogens is 2. The highest BCUT2D eigenvalue weighted by Gasteiger charge is 2.06. The van der Waals surface area contributed by atoms with Crippen LogP contribution >= 0.6 is 34.7 Å². The molecule has 1 aromatic heterocycles. The standard InChI is InChI=1S/C17H24ClN3S2/c1-2-3-4-5-6-9-12-19-16-20-21-17(23-16)22-13-14-10-7-8-11-15(14)18/h7-8,10-11H,2-6,9,12-13H2,1H3,(H,19,20). The van der Waals surface area contributed by atoms with Gasteiger partial charge >= 0.3 is 0 Å². The van der Waals surface area contributed by atoms with Gasteiger partial charge < -0.3 is 5.32 Å². The van der Waals surface area contributed by atoms with E-state index in [4.69, 9.17) is 11.6 Å². The van der Waals surface area contributed by atoms with Gasteiger partial charge in [-0.1, -0.05) is 91.9 Å². The Morgan fingerprint density at radius 1 is 1.09 bits per heavy atom. The van der Waals surface area contributed by atoms with E-state index in [0.717, 1.165) is 32.4 Å². The maximum absolute atomic E-state index is 6.17. The quantitative estimate of drug-likeness (QED) is 0.375. The third-order valence-electron chi connectivity index (χ3n) is 3.52. The zero-order valence-electron chi connectivity index (χ0n) is 13.6. The Balaban J connectivity index is 1.64. The normalized spacial score (nSPS) is 10.9. The molecule has 0 aliphatic carbocycles. The van der Waals surface area contributed by atoms with Crippen LogP contribution in [0.1, 0.15) is 51.0 Å². The van der Waals surface area contributed by atoms with E-state index in [2.05, 4.69) is 22.4 Å². The molecule has 23 heavy (non-hydrogen) atoms. The van der Waals surface area contributed by atoms with Gasteiger partial charge in [-0.25, -0.2) is 0 Å². The number of nitrogens with zero attached hydrogens (tertiary/aromatic N) is 2. The maximum atomic E-state index is 6.17. The minimum Gasteiger partial charge on any atom is -0.360 e. The molecule has 0 saturated carbocycles. The number of nitrogens with one attached hydrogen (secondary N) is 1. The van der Waals surface area contributed by atoms with Crippen molar-refractivity contribution in [3.63, 3.8) is 0 Å². The second-order valence-corrected chi connectivity index (χ2v) is 8.05. The highest BCUT2D eigenvalue weighted by Crippen LogP contribution is 2.30. The Hall–Kier alpha value is -0.780. The van der Waals surface area contributed by atoms with Crippen molar-refractivity contribution in [3.05, 3.63) is 34.9 Å². The largest absolute Gasteiger partial charge is 0.360 e. The molecule has 0 unspecified atom stereocenters. The zero-order chi connectivity index (χ0) is 16.3. The molecule has 3 nitrogen and oxygen atoms in total. The van der Waals surface area contributed by atoms with Gasteiger partial charge in [-0.3, -0.25) is 0 Å². The van der Waals surface area contributed by atoms with E-state index in [1.165, 1.54) is 38.5 Å². The van der Waals surface area contributed by atoms with Gasteiger partial charge in [0.25, 0.3) is 0 Å². The first kappa shape index (κ1) is 18.6. The average molecular weight is 370 g/mol. The molecule has 6 heteroatoms. The molecule has 0 aliphatic rings. The van der Waals surface area contributed by atoms with Crippen LogP contribution in [0.15, 0.2) is 28.6 Å².